The Hall–Kier alpha value is -0.880. The van der Waals surface area contributed by atoms with Crippen LogP contribution >= 0.6 is 0 Å². The molecule has 0 radical (unpaired) electrons. The molecule has 5 aliphatic rings. The number of rotatable bonds is 8. The van der Waals surface area contributed by atoms with Gasteiger partial charge >= 0.3 is 0 Å². The second-order valence-electron chi connectivity index (χ2n) is 12.8. The molecule has 2 aliphatic carbocycles. The van der Waals surface area contributed by atoms with Crippen LogP contribution in [0.15, 0.2) is 23.9 Å². The normalized spacial score (nSPS) is 42.3. The van der Waals surface area contributed by atoms with Gasteiger partial charge in [0.05, 0.1) is 17.4 Å². The lowest BCUT2D eigenvalue weighted by molar-refractivity contribution is -0.289. The first-order valence-corrected chi connectivity index (χ1v) is 13.5. The fourth-order valence-corrected chi connectivity index (χ4v) is 8.03. The average molecular weight is 460 g/mol. The SMILES string of the molecule is CC(C)CC[C@H]1C[C@@H](CC2=CNC(N)C=C2)C[C@@H]([C@@]23CC[C@@H](C(C)(C)O2)[C@@](N)(CCO)C3)C1. The molecule has 188 valence electrons. The average Bonchev–Trinajstić information content (AvgIpc) is 2.73. The lowest BCUT2D eigenvalue weighted by Crippen LogP contribution is -2.72. The van der Waals surface area contributed by atoms with E-state index in [4.69, 9.17) is 16.2 Å². The van der Waals surface area contributed by atoms with Gasteiger partial charge in [0.1, 0.15) is 0 Å². The topological polar surface area (TPSA) is 93.5 Å². The number of hydrogen-bond donors (Lipinski definition) is 4. The van der Waals surface area contributed by atoms with E-state index in [0.717, 1.165) is 37.5 Å². The van der Waals surface area contributed by atoms with Gasteiger partial charge in [0.2, 0.25) is 0 Å². The second-order valence-corrected chi connectivity index (χ2v) is 12.8. The molecule has 1 unspecified atom stereocenters. The zero-order valence-electron chi connectivity index (χ0n) is 21.5. The van der Waals surface area contributed by atoms with Gasteiger partial charge in [-0.15, -0.1) is 0 Å². The Kier molecular flexibility index (Phi) is 7.37. The third kappa shape index (κ3) is 5.37. The molecule has 3 heterocycles. The van der Waals surface area contributed by atoms with Crippen molar-refractivity contribution in [3.63, 3.8) is 0 Å². The lowest BCUT2D eigenvalue weighted by atomic mass is 9.52. The monoisotopic (exact) mass is 459 g/mol. The van der Waals surface area contributed by atoms with E-state index in [-0.39, 0.29) is 29.5 Å². The molecular weight excluding hydrogens is 410 g/mol. The van der Waals surface area contributed by atoms with Gasteiger partial charge in [-0.1, -0.05) is 32.8 Å². The highest BCUT2D eigenvalue weighted by atomic mass is 16.5. The second kappa shape index (κ2) is 9.64. The van der Waals surface area contributed by atoms with Crippen LogP contribution in [0.2, 0.25) is 0 Å². The minimum Gasteiger partial charge on any atom is -0.396 e. The molecule has 5 rings (SSSR count). The van der Waals surface area contributed by atoms with Crippen LogP contribution in [0.4, 0.5) is 0 Å². The molecule has 0 amide bonds. The fourth-order valence-electron chi connectivity index (χ4n) is 8.03. The van der Waals surface area contributed by atoms with E-state index in [1.54, 1.807) is 0 Å². The molecule has 0 aromatic heterocycles. The Morgan fingerprint density at radius 3 is 2.61 bits per heavy atom. The van der Waals surface area contributed by atoms with E-state index in [1.807, 2.05) is 0 Å². The highest BCUT2D eigenvalue weighted by molar-refractivity contribution is 5.24. The van der Waals surface area contributed by atoms with E-state index in [9.17, 15) is 5.11 Å². The number of hydrogen-bond acceptors (Lipinski definition) is 5. The summed E-state index contributed by atoms with van der Waals surface area (Å²) >= 11 is 0. The summed E-state index contributed by atoms with van der Waals surface area (Å²) in [7, 11) is 0. The first kappa shape index (κ1) is 25.2. The lowest BCUT2D eigenvalue weighted by Gasteiger charge is -2.65. The van der Waals surface area contributed by atoms with Gasteiger partial charge in [0, 0.05) is 24.3 Å². The van der Waals surface area contributed by atoms with Gasteiger partial charge in [-0.3, -0.25) is 0 Å². The van der Waals surface area contributed by atoms with E-state index in [2.05, 4.69) is 51.4 Å². The highest BCUT2D eigenvalue weighted by Gasteiger charge is 2.63. The van der Waals surface area contributed by atoms with E-state index < -0.39 is 0 Å². The predicted octanol–water partition coefficient (Wildman–Crippen LogP) is 4.60. The van der Waals surface area contributed by atoms with Crippen molar-refractivity contribution in [3.8, 4) is 0 Å². The van der Waals surface area contributed by atoms with Gasteiger partial charge in [-0.25, -0.2) is 0 Å². The number of fused-ring (bicyclic) bond motifs is 3. The van der Waals surface area contributed by atoms with Crippen LogP contribution in [0.5, 0.6) is 0 Å². The first-order chi connectivity index (χ1) is 15.6. The van der Waals surface area contributed by atoms with Crippen molar-refractivity contribution in [2.75, 3.05) is 6.61 Å². The van der Waals surface area contributed by atoms with E-state index in [0.29, 0.717) is 24.2 Å². The number of nitrogens with two attached hydrogens (primary N) is 2. The molecule has 0 aromatic carbocycles. The van der Waals surface area contributed by atoms with Crippen molar-refractivity contribution in [3.05, 3.63) is 23.9 Å². The molecule has 6 N–H and O–H groups in total. The Balaban J connectivity index is 1.56. The summed E-state index contributed by atoms with van der Waals surface area (Å²) in [6.07, 6.45) is 17.7. The maximum Gasteiger partial charge on any atom is 0.0934 e. The minimum absolute atomic E-state index is 0.0669. The fraction of sp³-hybridized carbons (Fsp3) is 0.857. The number of allylic oxidation sites excluding steroid dienone is 2. The number of ether oxygens (including phenoxy) is 1. The third-order valence-electron chi connectivity index (χ3n) is 9.36. The number of aliphatic hydroxyl groups excluding tert-OH is 1. The molecule has 0 aromatic rings. The van der Waals surface area contributed by atoms with Crippen LogP contribution in [0.3, 0.4) is 0 Å². The van der Waals surface area contributed by atoms with E-state index in [1.165, 1.54) is 37.7 Å². The minimum atomic E-state index is -0.316. The van der Waals surface area contributed by atoms with Gasteiger partial charge in [-0.2, -0.15) is 0 Å². The number of dihydropyridines is 1. The van der Waals surface area contributed by atoms with E-state index >= 15 is 0 Å². The predicted molar refractivity (Wildman–Crippen MR) is 135 cm³/mol. The van der Waals surface area contributed by atoms with Crippen molar-refractivity contribution >= 4 is 0 Å². The van der Waals surface area contributed by atoms with Crippen molar-refractivity contribution in [1.29, 1.82) is 0 Å². The van der Waals surface area contributed by atoms with Gasteiger partial charge in [-0.05, 0) is 101 Å². The largest absolute Gasteiger partial charge is 0.396 e. The summed E-state index contributed by atoms with van der Waals surface area (Å²) in [6.45, 7) is 9.34. The molecule has 4 fully saturated rings. The van der Waals surface area contributed by atoms with Crippen LogP contribution in [0, 0.1) is 29.6 Å². The molecule has 2 saturated heterocycles. The zero-order valence-corrected chi connectivity index (χ0v) is 21.5. The third-order valence-corrected chi connectivity index (χ3v) is 9.36. The highest BCUT2D eigenvalue weighted by Crippen LogP contribution is 2.60. The number of aliphatic hydroxyl groups is 1. The van der Waals surface area contributed by atoms with Crippen LogP contribution in [-0.4, -0.2) is 34.6 Å². The van der Waals surface area contributed by atoms with Gasteiger partial charge in [0.25, 0.3) is 0 Å². The summed E-state index contributed by atoms with van der Waals surface area (Å²) in [5.74, 6) is 3.03. The summed E-state index contributed by atoms with van der Waals surface area (Å²) in [5, 5.41) is 13.1. The first-order valence-electron chi connectivity index (χ1n) is 13.5. The summed E-state index contributed by atoms with van der Waals surface area (Å²) in [4.78, 5) is 0. The van der Waals surface area contributed by atoms with Crippen LogP contribution in [0.1, 0.15) is 91.9 Å². The Morgan fingerprint density at radius 1 is 1.21 bits per heavy atom. The quantitative estimate of drug-likeness (QED) is 0.426. The standard InChI is InChI=1S/C28H49N3O2/c1-19(2)5-6-20-13-22(14-21-7-8-25(29)31-17-21)16-23(15-20)28-10-9-24(26(3,4)33-28)27(30,18-28)11-12-32/h7-8,17,19-20,22-25,31-32H,5-6,9-16,18,29-30H2,1-4H3/t20-,22-,23-,24-,25?,27+,28-/m0/s1. The number of nitrogens with one attached hydrogen (secondary N) is 1. The molecule has 7 atom stereocenters. The Morgan fingerprint density at radius 2 is 1.97 bits per heavy atom. The molecule has 3 aliphatic heterocycles. The Labute approximate surface area is 201 Å². The van der Waals surface area contributed by atoms with Crippen molar-refractivity contribution in [1.82, 2.24) is 5.32 Å². The van der Waals surface area contributed by atoms with Crippen LogP contribution in [0.25, 0.3) is 0 Å². The zero-order chi connectivity index (χ0) is 23.9. The maximum absolute atomic E-state index is 9.84. The molecule has 33 heavy (non-hydrogen) atoms. The smallest absolute Gasteiger partial charge is 0.0934 e. The summed E-state index contributed by atoms with van der Waals surface area (Å²) < 4.78 is 7.05. The summed E-state index contributed by atoms with van der Waals surface area (Å²) in [6, 6.07) is 0. The Bertz CT molecular complexity index is 747. The van der Waals surface area contributed by atoms with Crippen molar-refractivity contribution < 1.29 is 9.84 Å². The van der Waals surface area contributed by atoms with Gasteiger partial charge < -0.3 is 26.6 Å². The van der Waals surface area contributed by atoms with Crippen molar-refractivity contribution in [2.24, 2.45) is 41.1 Å². The van der Waals surface area contributed by atoms with Crippen LogP contribution in [-0.2, 0) is 4.74 Å². The van der Waals surface area contributed by atoms with Crippen LogP contribution < -0.4 is 16.8 Å². The molecule has 0 spiro atoms. The maximum atomic E-state index is 9.84. The molecular formula is C28H49N3O2. The van der Waals surface area contributed by atoms with Crippen molar-refractivity contribution in [2.45, 2.75) is 115 Å². The molecule has 2 saturated carbocycles. The van der Waals surface area contributed by atoms with Gasteiger partial charge in [0.15, 0.2) is 0 Å². The molecule has 5 heteroatoms. The summed E-state index contributed by atoms with van der Waals surface area (Å²) in [5.41, 5.74) is 13.7. The molecule has 5 nitrogen and oxygen atoms in total. The molecule has 2 bridgehead atoms.